The molecule has 0 unspecified atom stereocenters. The number of hydrogen-bond acceptors (Lipinski definition) is 5. The highest BCUT2D eigenvalue weighted by Crippen LogP contribution is 2.29. The number of rotatable bonds is 8. The van der Waals surface area contributed by atoms with Crippen LogP contribution in [0.15, 0.2) is 42.7 Å². The van der Waals surface area contributed by atoms with Gasteiger partial charge in [0.1, 0.15) is 6.61 Å². The zero-order valence-electron chi connectivity index (χ0n) is 15.4. The number of benzene rings is 1. The van der Waals surface area contributed by atoms with Crippen LogP contribution in [0, 0.1) is 5.92 Å². The van der Waals surface area contributed by atoms with Crippen molar-refractivity contribution in [3.05, 3.63) is 53.9 Å². The van der Waals surface area contributed by atoms with E-state index in [2.05, 4.69) is 16.4 Å². The minimum Gasteiger partial charge on any atom is -0.493 e. The first-order valence-electron chi connectivity index (χ1n) is 9.33. The van der Waals surface area contributed by atoms with E-state index in [0.29, 0.717) is 18.6 Å². The van der Waals surface area contributed by atoms with Crippen LogP contribution in [0.4, 0.5) is 0 Å². The molecule has 1 fully saturated rings. The molecule has 1 aliphatic rings. The lowest BCUT2D eigenvalue weighted by molar-refractivity contribution is 0.152. The molecule has 0 saturated heterocycles. The Kier molecular flexibility index (Phi) is 6.86. The van der Waals surface area contributed by atoms with Gasteiger partial charge >= 0.3 is 0 Å². The monoisotopic (exact) mass is 356 g/mol. The maximum Gasteiger partial charge on any atom is 0.161 e. The number of ether oxygens (including phenoxy) is 2. The van der Waals surface area contributed by atoms with Gasteiger partial charge in [0, 0.05) is 37.2 Å². The fourth-order valence-corrected chi connectivity index (χ4v) is 3.53. The van der Waals surface area contributed by atoms with E-state index in [4.69, 9.17) is 9.47 Å². The van der Waals surface area contributed by atoms with Gasteiger partial charge < -0.3 is 19.9 Å². The van der Waals surface area contributed by atoms with E-state index in [9.17, 15) is 5.11 Å². The van der Waals surface area contributed by atoms with Crippen LogP contribution in [0.3, 0.4) is 0 Å². The third-order valence-corrected chi connectivity index (χ3v) is 5.06. The lowest BCUT2D eigenvalue weighted by Gasteiger charge is -2.31. The van der Waals surface area contributed by atoms with Crippen LogP contribution in [0.25, 0.3) is 0 Å². The molecule has 5 heteroatoms. The van der Waals surface area contributed by atoms with Crippen molar-refractivity contribution >= 4 is 0 Å². The number of aliphatic hydroxyl groups is 1. The van der Waals surface area contributed by atoms with Crippen molar-refractivity contribution in [2.24, 2.45) is 5.92 Å². The molecular weight excluding hydrogens is 328 g/mol. The summed E-state index contributed by atoms with van der Waals surface area (Å²) in [6, 6.07) is 10.3. The zero-order chi connectivity index (χ0) is 18.2. The first kappa shape index (κ1) is 18.7. The summed E-state index contributed by atoms with van der Waals surface area (Å²) in [6.07, 6.45) is 8.24. The third-order valence-electron chi connectivity index (χ3n) is 5.06. The van der Waals surface area contributed by atoms with Crippen molar-refractivity contribution in [2.75, 3.05) is 13.7 Å². The number of nitrogens with one attached hydrogen (secondary N) is 1. The van der Waals surface area contributed by atoms with E-state index in [1.165, 1.54) is 12.8 Å². The van der Waals surface area contributed by atoms with Gasteiger partial charge in [-0.15, -0.1) is 0 Å². The second kappa shape index (κ2) is 9.55. The van der Waals surface area contributed by atoms with Gasteiger partial charge in [-0.3, -0.25) is 4.98 Å². The van der Waals surface area contributed by atoms with Gasteiger partial charge in [0.15, 0.2) is 11.5 Å². The Hall–Kier alpha value is -2.11. The molecule has 0 bridgehead atoms. The molecule has 2 N–H and O–H groups in total. The molecule has 1 aliphatic carbocycles. The number of aromatic nitrogens is 1. The molecule has 0 aliphatic heterocycles. The quantitative estimate of drug-likeness (QED) is 0.760. The van der Waals surface area contributed by atoms with Gasteiger partial charge in [0.05, 0.1) is 7.11 Å². The van der Waals surface area contributed by atoms with Gasteiger partial charge in [-0.2, -0.15) is 0 Å². The summed E-state index contributed by atoms with van der Waals surface area (Å²) >= 11 is 0. The van der Waals surface area contributed by atoms with E-state index in [1.807, 2.05) is 24.3 Å². The topological polar surface area (TPSA) is 63.6 Å². The molecular formula is C21H28N2O3. The predicted octanol–water partition coefficient (Wildman–Crippen LogP) is 3.31. The Morgan fingerprint density at radius 1 is 1.15 bits per heavy atom. The fourth-order valence-electron chi connectivity index (χ4n) is 3.53. The molecule has 1 aromatic heterocycles. The maximum absolute atomic E-state index is 9.57. The molecule has 0 radical (unpaired) electrons. The summed E-state index contributed by atoms with van der Waals surface area (Å²) in [5.74, 6) is 1.82. The van der Waals surface area contributed by atoms with Crippen molar-refractivity contribution in [2.45, 2.75) is 44.9 Å². The largest absolute Gasteiger partial charge is 0.493 e. The molecule has 1 saturated carbocycles. The average molecular weight is 356 g/mol. The number of methoxy groups -OCH3 is 1. The van der Waals surface area contributed by atoms with Crippen LogP contribution in [0.2, 0.25) is 0 Å². The highest BCUT2D eigenvalue weighted by Gasteiger charge is 2.23. The summed E-state index contributed by atoms with van der Waals surface area (Å²) in [6.45, 7) is 1.48. The molecule has 0 spiro atoms. The molecule has 3 rings (SSSR count). The van der Waals surface area contributed by atoms with Crippen molar-refractivity contribution in [1.29, 1.82) is 0 Å². The minimum absolute atomic E-state index is 0.264. The van der Waals surface area contributed by atoms with Gasteiger partial charge in [0.2, 0.25) is 0 Å². The van der Waals surface area contributed by atoms with E-state index >= 15 is 0 Å². The van der Waals surface area contributed by atoms with E-state index in [0.717, 1.165) is 42.0 Å². The van der Waals surface area contributed by atoms with Crippen LogP contribution in [0.5, 0.6) is 11.5 Å². The van der Waals surface area contributed by atoms with Crippen molar-refractivity contribution in [3.63, 3.8) is 0 Å². The summed E-state index contributed by atoms with van der Waals surface area (Å²) < 4.78 is 11.4. The van der Waals surface area contributed by atoms with Crippen LogP contribution in [-0.4, -0.2) is 29.8 Å². The Labute approximate surface area is 155 Å². The van der Waals surface area contributed by atoms with Crippen molar-refractivity contribution < 1.29 is 14.6 Å². The summed E-state index contributed by atoms with van der Waals surface area (Å²) in [7, 11) is 1.65. The van der Waals surface area contributed by atoms with Gasteiger partial charge in [0.25, 0.3) is 0 Å². The summed E-state index contributed by atoms with van der Waals surface area (Å²) in [5.41, 5.74) is 2.17. The molecule has 26 heavy (non-hydrogen) atoms. The predicted molar refractivity (Wildman–Crippen MR) is 101 cm³/mol. The van der Waals surface area contributed by atoms with Crippen molar-refractivity contribution in [1.82, 2.24) is 10.3 Å². The zero-order valence-corrected chi connectivity index (χ0v) is 15.4. The average Bonchev–Trinajstić information content (AvgIpc) is 2.71. The second-order valence-corrected chi connectivity index (χ2v) is 6.85. The molecule has 2 aromatic rings. The van der Waals surface area contributed by atoms with Crippen LogP contribution < -0.4 is 14.8 Å². The lowest BCUT2D eigenvalue weighted by Crippen LogP contribution is -2.39. The lowest BCUT2D eigenvalue weighted by atomic mass is 9.85. The van der Waals surface area contributed by atoms with Gasteiger partial charge in [-0.05, 0) is 42.5 Å². The highest BCUT2D eigenvalue weighted by molar-refractivity contribution is 5.43. The summed E-state index contributed by atoms with van der Waals surface area (Å²) in [4.78, 5) is 4.11. The van der Waals surface area contributed by atoms with Crippen LogP contribution in [-0.2, 0) is 13.2 Å². The second-order valence-electron chi connectivity index (χ2n) is 6.85. The Morgan fingerprint density at radius 2 is 2.04 bits per heavy atom. The maximum atomic E-state index is 9.57. The Balaban J connectivity index is 1.62. The Bertz CT molecular complexity index is 678. The first-order valence-corrected chi connectivity index (χ1v) is 9.33. The fraction of sp³-hybridized carbons (Fsp3) is 0.476. The number of nitrogens with zero attached hydrogens (tertiary/aromatic N) is 1. The molecule has 1 heterocycles. The van der Waals surface area contributed by atoms with E-state index < -0.39 is 0 Å². The molecule has 2 atom stereocenters. The molecule has 0 amide bonds. The first-order chi connectivity index (χ1) is 12.8. The Morgan fingerprint density at radius 3 is 2.81 bits per heavy atom. The molecule has 5 nitrogen and oxygen atoms in total. The minimum atomic E-state index is 0.264. The third kappa shape index (κ3) is 4.96. The molecule has 140 valence electrons. The van der Waals surface area contributed by atoms with Crippen LogP contribution >= 0.6 is 0 Å². The van der Waals surface area contributed by atoms with Gasteiger partial charge in [-0.1, -0.05) is 25.0 Å². The standard InChI is InChI=1S/C21H28N2O3/c1-25-20-9-8-16(13-23-19-7-3-2-6-18(19)14-24)11-21(20)26-15-17-5-4-10-22-12-17/h4-5,8-12,18-19,23-24H,2-3,6-7,13-15H2,1H3/t18-,19+/m0/s1. The van der Waals surface area contributed by atoms with E-state index in [-0.39, 0.29) is 6.61 Å². The van der Waals surface area contributed by atoms with Gasteiger partial charge in [-0.25, -0.2) is 0 Å². The number of pyridine rings is 1. The SMILES string of the molecule is COc1ccc(CN[C@@H]2CCCC[C@H]2CO)cc1OCc1cccnc1. The van der Waals surface area contributed by atoms with Crippen LogP contribution in [0.1, 0.15) is 36.8 Å². The number of aliphatic hydroxyl groups excluding tert-OH is 1. The molecule has 1 aromatic carbocycles. The normalized spacial score (nSPS) is 19.9. The van der Waals surface area contributed by atoms with E-state index in [1.54, 1.807) is 19.5 Å². The number of hydrogen-bond donors (Lipinski definition) is 2. The van der Waals surface area contributed by atoms with Crippen molar-refractivity contribution in [3.8, 4) is 11.5 Å². The smallest absolute Gasteiger partial charge is 0.161 e. The highest BCUT2D eigenvalue weighted by atomic mass is 16.5. The summed E-state index contributed by atoms with van der Waals surface area (Å²) in [5, 5.41) is 13.2.